The highest BCUT2D eigenvalue weighted by Gasteiger charge is 2.45. The van der Waals surface area contributed by atoms with Crippen molar-refractivity contribution in [3.05, 3.63) is 0 Å². The third-order valence-electron chi connectivity index (χ3n) is 6.73. The van der Waals surface area contributed by atoms with Crippen LogP contribution in [-0.2, 0) is 9.53 Å². The molecule has 0 amide bonds. The molecule has 0 aromatic heterocycles. The predicted octanol–water partition coefficient (Wildman–Crippen LogP) is 7.07. The molecule has 26 heavy (non-hydrogen) atoms. The van der Waals surface area contributed by atoms with Gasteiger partial charge in [-0.2, -0.15) is 12.6 Å². The van der Waals surface area contributed by atoms with Gasteiger partial charge in [-0.15, -0.1) is 0 Å². The monoisotopic (exact) mass is 384 g/mol. The Kier molecular flexibility index (Phi) is 11.3. The Hall–Kier alpha value is -0.180. The lowest BCUT2D eigenvalue weighted by atomic mass is 9.67. The summed E-state index contributed by atoms with van der Waals surface area (Å²) in [5.41, 5.74) is -0.220. The molecule has 2 nitrogen and oxygen atoms in total. The first-order valence-electron chi connectivity index (χ1n) is 11.1. The third kappa shape index (κ3) is 6.77. The van der Waals surface area contributed by atoms with Crippen LogP contribution in [0.25, 0.3) is 0 Å². The fraction of sp³-hybridized carbons (Fsp3) is 0.957. The van der Waals surface area contributed by atoms with Crippen molar-refractivity contribution in [2.75, 3.05) is 6.26 Å². The first kappa shape index (κ1) is 23.9. The van der Waals surface area contributed by atoms with Crippen LogP contribution in [0.4, 0.5) is 0 Å². The summed E-state index contributed by atoms with van der Waals surface area (Å²) in [6.07, 6.45) is 16.5. The van der Waals surface area contributed by atoms with Crippen LogP contribution in [0, 0.1) is 23.7 Å². The summed E-state index contributed by atoms with van der Waals surface area (Å²) in [6, 6.07) is 0. The smallest absolute Gasteiger partial charge is 0.309 e. The van der Waals surface area contributed by atoms with Crippen molar-refractivity contribution in [1.29, 1.82) is 0 Å². The van der Waals surface area contributed by atoms with Crippen LogP contribution in [0.3, 0.4) is 0 Å². The van der Waals surface area contributed by atoms with E-state index in [-0.39, 0.29) is 17.5 Å². The van der Waals surface area contributed by atoms with Crippen molar-refractivity contribution in [2.45, 2.75) is 110 Å². The Morgan fingerprint density at radius 3 is 1.73 bits per heavy atom. The normalized spacial score (nSPS) is 21.0. The van der Waals surface area contributed by atoms with Crippen molar-refractivity contribution in [3.8, 4) is 0 Å². The number of esters is 1. The van der Waals surface area contributed by atoms with E-state index < -0.39 is 0 Å². The maximum Gasteiger partial charge on any atom is 0.309 e. The van der Waals surface area contributed by atoms with Crippen molar-refractivity contribution >= 4 is 18.6 Å². The molecule has 2 saturated carbocycles. The number of ether oxygens (including phenoxy) is 1. The van der Waals surface area contributed by atoms with Crippen LogP contribution in [0.2, 0.25) is 0 Å². The van der Waals surface area contributed by atoms with Crippen LogP contribution in [0.5, 0.6) is 0 Å². The molecule has 0 bridgehead atoms. The largest absolute Gasteiger partial charge is 0.459 e. The maximum absolute atomic E-state index is 13.0. The Balaban J connectivity index is 0.00000163. The Labute approximate surface area is 168 Å². The minimum atomic E-state index is -0.220. The van der Waals surface area contributed by atoms with Gasteiger partial charge in [0.25, 0.3) is 0 Å². The van der Waals surface area contributed by atoms with Gasteiger partial charge in [0.2, 0.25) is 0 Å². The van der Waals surface area contributed by atoms with Crippen LogP contribution in [0.15, 0.2) is 0 Å². The van der Waals surface area contributed by atoms with E-state index in [2.05, 4.69) is 40.3 Å². The van der Waals surface area contributed by atoms with Crippen LogP contribution >= 0.6 is 12.6 Å². The third-order valence-corrected chi connectivity index (χ3v) is 6.73. The zero-order chi connectivity index (χ0) is 19.6. The first-order chi connectivity index (χ1) is 12.5. The minimum Gasteiger partial charge on any atom is -0.459 e. The molecule has 1 atom stereocenters. The molecule has 0 heterocycles. The summed E-state index contributed by atoms with van der Waals surface area (Å²) in [4.78, 5) is 13.0. The van der Waals surface area contributed by atoms with Gasteiger partial charge >= 0.3 is 5.97 Å². The fourth-order valence-electron chi connectivity index (χ4n) is 5.15. The highest BCUT2D eigenvalue weighted by Crippen LogP contribution is 2.45. The van der Waals surface area contributed by atoms with Gasteiger partial charge in [-0.05, 0) is 69.5 Å². The van der Waals surface area contributed by atoms with E-state index in [1.165, 1.54) is 64.2 Å². The molecule has 3 heteroatoms. The van der Waals surface area contributed by atoms with E-state index in [1.807, 2.05) is 0 Å². The molecule has 0 spiro atoms. The number of hydrogen-bond acceptors (Lipinski definition) is 3. The molecule has 0 radical (unpaired) electrons. The van der Waals surface area contributed by atoms with Gasteiger partial charge in [0, 0.05) is 0 Å². The second kappa shape index (κ2) is 12.3. The van der Waals surface area contributed by atoms with Crippen molar-refractivity contribution in [2.24, 2.45) is 23.7 Å². The molecule has 0 saturated heterocycles. The summed E-state index contributed by atoms with van der Waals surface area (Å²) >= 11 is 3.53. The first-order valence-corrected chi connectivity index (χ1v) is 12.0. The lowest BCUT2D eigenvalue weighted by Gasteiger charge is -2.46. The molecule has 2 aliphatic carbocycles. The quantitative estimate of drug-likeness (QED) is 0.375. The van der Waals surface area contributed by atoms with Crippen LogP contribution in [0.1, 0.15) is 105 Å². The predicted molar refractivity (Wildman–Crippen MR) is 116 cm³/mol. The van der Waals surface area contributed by atoms with Gasteiger partial charge in [0.05, 0.1) is 5.92 Å². The fourth-order valence-corrected chi connectivity index (χ4v) is 5.15. The van der Waals surface area contributed by atoms with Gasteiger partial charge in [-0.1, -0.05) is 59.3 Å². The SMILES string of the molecule is CCC(CC(C)C)C(=O)OC(C)(C1CCCCC1)C1CCCCC1.CS. The van der Waals surface area contributed by atoms with Crippen LogP contribution < -0.4 is 0 Å². The Morgan fingerprint density at radius 1 is 0.962 bits per heavy atom. The summed E-state index contributed by atoms with van der Waals surface area (Å²) < 4.78 is 6.43. The van der Waals surface area contributed by atoms with E-state index in [0.29, 0.717) is 17.8 Å². The number of rotatable bonds is 7. The standard InChI is InChI=1S/C22H40O2.CH4S/c1-5-18(16-17(2)3)21(23)24-22(4,19-12-8-6-9-13-19)20-14-10-7-11-15-20;1-2/h17-20H,5-16H2,1-4H3;2H,1H3. The second-order valence-electron chi connectivity index (χ2n) is 9.01. The maximum atomic E-state index is 13.0. The molecule has 0 N–H and O–H groups in total. The summed E-state index contributed by atoms with van der Waals surface area (Å²) in [6.45, 7) is 8.83. The summed E-state index contributed by atoms with van der Waals surface area (Å²) in [5, 5.41) is 0. The highest BCUT2D eigenvalue weighted by atomic mass is 32.1. The Morgan fingerprint density at radius 2 is 1.38 bits per heavy atom. The summed E-state index contributed by atoms with van der Waals surface area (Å²) in [5.74, 6) is 1.88. The zero-order valence-corrected chi connectivity index (χ0v) is 19.0. The number of carbonyl (C=O) groups is 1. The van der Waals surface area contributed by atoms with E-state index in [1.54, 1.807) is 6.26 Å². The van der Waals surface area contributed by atoms with E-state index >= 15 is 0 Å². The molecule has 154 valence electrons. The average molecular weight is 385 g/mol. The van der Waals surface area contributed by atoms with Crippen molar-refractivity contribution in [3.63, 3.8) is 0 Å². The highest BCUT2D eigenvalue weighted by molar-refractivity contribution is 7.79. The van der Waals surface area contributed by atoms with Gasteiger partial charge in [0.1, 0.15) is 5.60 Å². The molecule has 2 fully saturated rings. The Bertz CT molecular complexity index is 364. The lowest BCUT2D eigenvalue weighted by molar-refractivity contribution is -0.182. The number of carbonyl (C=O) groups excluding carboxylic acids is 1. The second-order valence-corrected chi connectivity index (χ2v) is 9.01. The van der Waals surface area contributed by atoms with Gasteiger partial charge < -0.3 is 4.74 Å². The molecular weight excluding hydrogens is 340 g/mol. The molecule has 0 aromatic rings. The minimum absolute atomic E-state index is 0.0801. The molecule has 0 aliphatic heterocycles. The van der Waals surface area contributed by atoms with E-state index in [0.717, 1.165) is 12.8 Å². The van der Waals surface area contributed by atoms with Crippen molar-refractivity contribution in [1.82, 2.24) is 0 Å². The molecule has 2 aliphatic rings. The van der Waals surface area contributed by atoms with Crippen LogP contribution in [-0.4, -0.2) is 17.8 Å². The van der Waals surface area contributed by atoms with Gasteiger partial charge in [-0.3, -0.25) is 4.79 Å². The van der Waals surface area contributed by atoms with Crippen molar-refractivity contribution < 1.29 is 9.53 Å². The van der Waals surface area contributed by atoms with E-state index in [9.17, 15) is 4.79 Å². The average Bonchev–Trinajstić information content (AvgIpc) is 2.68. The number of hydrogen-bond donors (Lipinski definition) is 1. The number of thiol groups is 1. The lowest BCUT2D eigenvalue weighted by Crippen LogP contribution is -2.49. The molecular formula is C23H44O2S. The van der Waals surface area contributed by atoms with Gasteiger partial charge in [-0.25, -0.2) is 0 Å². The summed E-state index contributed by atoms with van der Waals surface area (Å²) in [7, 11) is 0. The van der Waals surface area contributed by atoms with E-state index in [4.69, 9.17) is 4.74 Å². The zero-order valence-electron chi connectivity index (χ0n) is 18.1. The topological polar surface area (TPSA) is 26.3 Å². The van der Waals surface area contributed by atoms with Gasteiger partial charge in [0.15, 0.2) is 0 Å². The molecule has 0 aromatic carbocycles. The molecule has 2 rings (SSSR count). The molecule has 1 unspecified atom stereocenters.